The Hall–Kier alpha value is -4.63. The molecule has 2 aromatic carbocycles. The Labute approximate surface area is 208 Å². The van der Waals surface area contributed by atoms with Crippen molar-refractivity contribution < 1.29 is 19.2 Å². The molecule has 2 aromatic heterocycles. The van der Waals surface area contributed by atoms with Gasteiger partial charge in [0.25, 0.3) is 5.91 Å². The minimum atomic E-state index is -1.12. The van der Waals surface area contributed by atoms with Crippen LogP contribution in [0.15, 0.2) is 85.2 Å². The molecule has 2 heterocycles. The van der Waals surface area contributed by atoms with E-state index in [2.05, 4.69) is 20.2 Å². The van der Waals surface area contributed by atoms with E-state index >= 15 is 0 Å². The standard InChI is InChI=1S/C27H25N5O4/c1-18-17-32(30-23(18)20-12-7-4-8-13-20)25-21(14-9-15-28-25)26(34)29-22(24(33)27(35)31-36-2)16-19-10-5-3-6-11-19/h3-15,17,22H,16H2,1-2H3,(H,29,34)(H,31,35)/t22-/m1/s1. The normalized spacial score (nSPS) is 11.5. The molecule has 4 rings (SSSR count). The highest BCUT2D eigenvalue weighted by Gasteiger charge is 2.29. The number of hydrogen-bond donors (Lipinski definition) is 2. The second-order valence-corrected chi connectivity index (χ2v) is 8.06. The van der Waals surface area contributed by atoms with Gasteiger partial charge in [-0.05, 0) is 30.2 Å². The van der Waals surface area contributed by atoms with Crippen molar-refractivity contribution in [1.82, 2.24) is 25.6 Å². The maximum atomic E-state index is 13.4. The highest BCUT2D eigenvalue weighted by Crippen LogP contribution is 2.23. The number of ketones is 1. The van der Waals surface area contributed by atoms with E-state index in [4.69, 9.17) is 0 Å². The molecule has 2 amide bonds. The van der Waals surface area contributed by atoms with Crippen LogP contribution >= 0.6 is 0 Å². The summed E-state index contributed by atoms with van der Waals surface area (Å²) in [5.74, 6) is -2.05. The van der Waals surface area contributed by atoms with Gasteiger partial charge in [-0.15, -0.1) is 0 Å². The van der Waals surface area contributed by atoms with Crippen molar-refractivity contribution in [2.75, 3.05) is 7.11 Å². The highest BCUT2D eigenvalue weighted by molar-refractivity contribution is 6.38. The number of hydrogen-bond acceptors (Lipinski definition) is 6. The molecule has 0 unspecified atom stereocenters. The van der Waals surface area contributed by atoms with Gasteiger partial charge >= 0.3 is 5.91 Å². The molecule has 0 aliphatic heterocycles. The number of benzene rings is 2. The van der Waals surface area contributed by atoms with Crippen LogP contribution in [0.2, 0.25) is 0 Å². The Kier molecular flexibility index (Phi) is 7.62. The molecule has 0 aliphatic rings. The van der Waals surface area contributed by atoms with E-state index in [0.29, 0.717) is 5.82 Å². The molecule has 0 saturated carbocycles. The quantitative estimate of drug-likeness (QED) is 0.279. The lowest BCUT2D eigenvalue weighted by Crippen LogP contribution is -2.48. The summed E-state index contributed by atoms with van der Waals surface area (Å²) >= 11 is 0. The number of aryl methyl sites for hydroxylation is 1. The summed E-state index contributed by atoms with van der Waals surface area (Å²) in [6, 6.07) is 20.9. The first kappa shape index (κ1) is 24.5. The number of nitrogens with zero attached hydrogens (tertiary/aromatic N) is 3. The Balaban J connectivity index is 1.64. The number of nitrogens with one attached hydrogen (secondary N) is 2. The van der Waals surface area contributed by atoms with E-state index in [1.54, 1.807) is 24.5 Å². The zero-order valence-corrected chi connectivity index (χ0v) is 19.8. The zero-order valence-electron chi connectivity index (χ0n) is 19.8. The number of pyridine rings is 1. The molecule has 182 valence electrons. The molecule has 0 fully saturated rings. The molecule has 2 N–H and O–H groups in total. The Morgan fingerprint density at radius 1 is 0.972 bits per heavy atom. The van der Waals surface area contributed by atoms with Crippen LogP contribution in [0.5, 0.6) is 0 Å². The SMILES string of the molecule is CONC(=O)C(=O)[C@@H](Cc1ccccc1)NC(=O)c1cccnc1-n1cc(C)c(-c2ccccc2)n1. The van der Waals surface area contributed by atoms with Crippen molar-refractivity contribution in [2.24, 2.45) is 0 Å². The van der Waals surface area contributed by atoms with E-state index in [0.717, 1.165) is 22.4 Å². The summed E-state index contributed by atoms with van der Waals surface area (Å²) in [7, 11) is 1.23. The van der Waals surface area contributed by atoms with Crippen LogP contribution in [0, 0.1) is 6.92 Å². The monoisotopic (exact) mass is 483 g/mol. The van der Waals surface area contributed by atoms with Crippen molar-refractivity contribution in [1.29, 1.82) is 0 Å². The molecule has 0 spiro atoms. The molecule has 4 aromatic rings. The predicted octanol–water partition coefficient (Wildman–Crippen LogP) is 2.83. The largest absolute Gasteiger partial charge is 0.341 e. The zero-order chi connectivity index (χ0) is 25.5. The van der Waals surface area contributed by atoms with Crippen molar-refractivity contribution in [3.8, 4) is 17.1 Å². The fraction of sp³-hybridized carbons (Fsp3) is 0.148. The topological polar surface area (TPSA) is 115 Å². The summed E-state index contributed by atoms with van der Waals surface area (Å²) < 4.78 is 1.54. The van der Waals surface area contributed by atoms with Gasteiger partial charge in [0.1, 0.15) is 6.04 Å². The minimum absolute atomic E-state index is 0.122. The Morgan fingerprint density at radius 2 is 1.67 bits per heavy atom. The van der Waals surface area contributed by atoms with Crippen LogP contribution in [-0.4, -0.2) is 45.5 Å². The number of rotatable bonds is 9. The van der Waals surface area contributed by atoms with Crippen LogP contribution in [0.25, 0.3) is 17.1 Å². The van der Waals surface area contributed by atoms with Gasteiger partial charge in [0.05, 0.1) is 18.4 Å². The first-order chi connectivity index (χ1) is 17.5. The summed E-state index contributed by atoms with van der Waals surface area (Å²) in [5, 5.41) is 7.35. The predicted molar refractivity (Wildman–Crippen MR) is 133 cm³/mol. The summed E-state index contributed by atoms with van der Waals surface area (Å²) in [6.45, 7) is 1.93. The van der Waals surface area contributed by atoms with Crippen LogP contribution in [-0.2, 0) is 20.8 Å². The summed E-state index contributed by atoms with van der Waals surface area (Å²) in [4.78, 5) is 47.4. The molecule has 0 saturated heterocycles. The lowest BCUT2D eigenvalue weighted by atomic mass is 10.0. The fourth-order valence-electron chi connectivity index (χ4n) is 3.80. The molecule has 1 atom stereocenters. The average Bonchev–Trinajstić information content (AvgIpc) is 3.30. The Morgan fingerprint density at radius 3 is 2.36 bits per heavy atom. The molecular weight excluding hydrogens is 458 g/mol. The third-order valence-corrected chi connectivity index (χ3v) is 5.52. The van der Waals surface area contributed by atoms with Gasteiger partial charge in [-0.25, -0.2) is 15.1 Å². The lowest BCUT2D eigenvalue weighted by molar-refractivity contribution is -0.145. The number of amides is 2. The molecule has 0 bridgehead atoms. The lowest BCUT2D eigenvalue weighted by Gasteiger charge is -2.18. The van der Waals surface area contributed by atoms with Crippen molar-refractivity contribution in [3.63, 3.8) is 0 Å². The van der Waals surface area contributed by atoms with Crippen molar-refractivity contribution >= 4 is 17.6 Å². The number of carbonyl (C=O) groups is 3. The number of aromatic nitrogens is 3. The third-order valence-electron chi connectivity index (χ3n) is 5.52. The second-order valence-electron chi connectivity index (χ2n) is 8.06. The van der Waals surface area contributed by atoms with Crippen LogP contribution < -0.4 is 10.8 Å². The maximum Gasteiger partial charge on any atom is 0.313 e. The molecule has 9 heteroatoms. The van der Waals surface area contributed by atoms with Gasteiger partial charge in [0.15, 0.2) is 5.82 Å². The molecule has 0 radical (unpaired) electrons. The Bertz CT molecular complexity index is 1370. The van der Waals surface area contributed by atoms with Crippen LogP contribution in [0.1, 0.15) is 21.5 Å². The smallest absolute Gasteiger partial charge is 0.313 e. The average molecular weight is 484 g/mol. The van der Waals surface area contributed by atoms with Gasteiger partial charge in [0, 0.05) is 24.4 Å². The first-order valence-corrected chi connectivity index (χ1v) is 11.3. The summed E-state index contributed by atoms with van der Waals surface area (Å²) in [5.41, 5.74) is 5.62. The van der Waals surface area contributed by atoms with E-state index in [9.17, 15) is 14.4 Å². The second kappa shape index (κ2) is 11.2. The van der Waals surface area contributed by atoms with Crippen LogP contribution in [0.4, 0.5) is 0 Å². The molecule has 9 nitrogen and oxygen atoms in total. The number of hydroxylamine groups is 1. The molecule has 36 heavy (non-hydrogen) atoms. The number of carbonyl (C=O) groups excluding carboxylic acids is 3. The van der Waals surface area contributed by atoms with E-state index in [1.165, 1.54) is 11.8 Å². The van der Waals surface area contributed by atoms with Gasteiger partial charge < -0.3 is 5.32 Å². The van der Waals surface area contributed by atoms with E-state index in [-0.39, 0.29) is 12.0 Å². The third kappa shape index (κ3) is 5.53. The van der Waals surface area contributed by atoms with Gasteiger partial charge in [-0.2, -0.15) is 5.10 Å². The fourth-order valence-corrected chi connectivity index (χ4v) is 3.80. The van der Waals surface area contributed by atoms with Gasteiger partial charge in [-0.3, -0.25) is 19.2 Å². The van der Waals surface area contributed by atoms with Crippen LogP contribution in [0.3, 0.4) is 0 Å². The maximum absolute atomic E-state index is 13.4. The van der Waals surface area contributed by atoms with E-state index < -0.39 is 23.6 Å². The van der Waals surface area contributed by atoms with Gasteiger partial charge in [-0.1, -0.05) is 60.7 Å². The number of Topliss-reactive ketones (excluding diaryl/α,β-unsaturated/α-hetero) is 1. The highest BCUT2D eigenvalue weighted by atomic mass is 16.6. The minimum Gasteiger partial charge on any atom is -0.341 e. The van der Waals surface area contributed by atoms with Crippen molar-refractivity contribution in [3.05, 3.63) is 102 Å². The van der Waals surface area contributed by atoms with Crippen molar-refractivity contribution in [2.45, 2.75) is 19.4 Å². The summed E-state index contributed by atoms with van der Waals surface area (Å²) in [6.07, 6.45) is 3.47. The molecular formula is C27H25N5O4. The molecule has 0 aliphatic carbocycles. The first-order valence-electron chi connectivity index (χ1n) is 11.3. The van der Waals surface area contributed by atoms with Gasteiger partial charge in [0.2, 0.25) is 5.78 Å². The van der Waals surface area contributed by atoms with E-state index in [1.807, 2.05) is 73.1 Å².